The molecular formula is C16H12ClNO. The number of rotatable bonds is 1. The van der Waals surface area contributed by atoms with Crippen molar-refractivity contribution in [3.05, 3.63) is 70.0 Å². The quantitative estimate of drug-likeness (QED) is 0.657. The summed E-state index contributed by atoms with van der Waals surface area (Å²) in [6, 6.07) is 17.6. The maximum absolute atomic E-state index is 12.2. The topological polar surface area (TPSA) is 22.0 Å². The highest BCUT2D eigenvalue weighted by Crippen LogP contribution is 2.32. The van der Waals surface area contributed by atoms with Gasteiger partial charge in [-0.15, -0.1) is 0 Å². The van der Waals surface area contributed by atoms with Gasteiger partial charge >= 0.3 is 0 Å². The van der Waals surface area contributed by atoms with Gasteiger partial charge in [-0.25, -0.2) is 0 Å². The molecule has 3 rings (SSSR count). The molecule has 0 fully saturated rings. The molecule has 0 saturated heterocycles. The zero-order valence-electron chi connectivity index (χ0n) is 10.4. The van der Waals surface area contributed by atoms with E-state index in [0.29, 0.717) is 0 Å². The molecule has 3 heteroatoms. The van der Waals surface area contributed by atoms with Gasteiger partial charge in [-0.05, 0) is 11.6 Å². The number of fused-ring (bicyclic) bond motifs is 1. The molecule has 19 heavy (non-hydrogen) atoms. The minimum atomic E-state index is -0.167. The summed E-state index contributed by atoms with van der Waals surface area (Å²) in [6.07, 6.45) is 0. The Hall–Kier alpha value is -2.06. The Morgan fingerprint density at radius 3 is 2.32 bits per heavy atom. The first-order valence-corrected chi connectivity index (χ1v) is 6.40. The zero-order chi connectivity index (χ0) is 13.4. The molecule has 0 radical (unpaired) electrons. The van der Waals surface area contributed by atoms with E-state index in [2.05, 4.69) is 0 Å². The molecule has 0 aliphatic heterocycles. The highest BCUT2D eigenvalue weighted by Gasteiger charge is 2.14. The van der Waals surface area contributed by atoms with Gasteiger partial charge in [-0.3, -0.25) is 4.79 Å². The minimum Gasteiger partial charge on any atom is -0.310 e. The fraction of sp³-hybridized carbons (Fsp3) is 0.0625. The fourth-order valence-corrected chi connectivity index (χ4v) is 2.68. The van der Waals surface area contributed by atoms with E-state index in [1.807, 2.05) is 54.6 Å². The lowest BCUT2D eigenvalue weighted by Crippen LogP contribution is -2.18. The Labute approximate surface area is 115 Å². The van der Waals surface area contributed by atoms with E-state index in [0.717, 1.165) is 22.0 Å². The number of pyridine rings is 1. The second-order valence-corrected chi connectivity index (χ2v) is 4.81. The highest BCUT2D eigenvalue weighted by molar-refractivity contribution is 6.34. The predicted octanol–water partition coefficient (Wildman–Crippen LogP) is 3.86. The van der Waals surface area contributed by atoms with Crippen LogP contribution in [0.4, 0.5) is 0 Å². The second-order valence-electron chi connectivity index (χ2n) is 4.44. The van der Waals surface area contributed by atoms with Crippen molar-refractivity contribution in [2.75, 3.05) is 0 Å². The van der Waals surface area contributed by atoms with E-state index in [9.17, 15) is 4.79 Å². The van der Waals surface area contributed by atoms with Crippen molar-refractivity contribution in [1.29, 1.82) is 0 Å². The van der Waals surface area contributed by atoms with Crippen LogP contribution in [0.3, 0.4) is 0 Å². The first kappa shape index (κ1) is 12.0. The first-order chi connectivity index (χ1) is 9.20. The monoisotopic (exact) mass is 269 g/mol. The van der Waals surface area contributed by atoms with Gasteiger partial charge in [0.05, 0.1) is 5.52 Å². The number of para-hydroxylation sites is 1. The molecule has 0 unspecified atom stereocenters. The van der Waals surface area contributed by atoms with Gasteiger partial charge in [0.2, 0.25) is 0 Å². The summed E-state index contributed by atoms with van der Waals surface area (Å²) in [5, 5.41) is 1.26. The maximum atomic E-state index is 12.2. The van der Waals surface area contributed by atoms with Gasteiger partial charge in [0.15, 0.2) is 0 Å². The van der Waals surface area contributed by atoms with E-state index in [-0.39, 0.29) is 10.6 Å². The molecule has 0 atom stereocenters. The lowest BCUT2D eigenvalue weighted by atomic mass is 10.0. The molecule has 0 amide bonds. The Bertz CT molecular complexity index is 806. The van der Waals surface area contributed by atoms with Crippen LogP contribution in [0, 0.1) is 0 Å². The van der Waals surface area contributed by atoms with Crippen LogP contribution in [0.1, 0.15) is 0 Å². The second kappa shape index (κ2) is 4.56. The lowest BCUT2D eigenvalue weighted by molar-refractivity contribution is 0.907. The Kier molecular flexibility index (Phi) is 2.88. The van der Waals surface area contributed by atoms with E-state index in [1.165, 1.54) is 0 Å². The zero-order valence-corrected chi connectivity index (χ0v) is 11.2. The van der Waals surface area contributed by atoms with E-state index < -0.39 is 0 Å². The normalized spacial score (nSPS) is 10.8. The van der Waals surface area contributed by atoms with Gasteiger partial charge in [0.25, 0.3) is 5.56 Å². The number of halogens is 1. The maximum Gasteiger partial charge on any atom is 0.270 e. The van der Waals surface area contributed by atoms with Crippen molar-refractivity contribution >= 4 is 22.5 Å². The molecule has 94 valence electrons. The molecule has 0 N–H and O–H groups in total. The molecule has 3 aromatic rings. The van der Waals surface area contributed by atoms with Crippen LogP contribution in [0.15, 0.2) is 59.4 Å². The van der Waals surface area contributed by atoms with Crippen LogP contribution < -0.4 is 5.56 Å². The van der Waals surface area contributed by atoms with Crippen LogP contribution in [0.2, 0.25) is 5.02 Å². The fourth-order valence-electron chi connectivity index (χ4n) is 2.35. The Morgan fingerprint density at radius 2 is 1.58 bits per heavy atom. The van der Waals surface area contributed by atoms with Gasteiger partial charge in [-0.1, -0.05) is 60.1 Å². The van der Waals surface area contributed by atoms with Gasteiger partial charge in [0, 0.05) is 18.0 Å². The Balaban J connectivity index is 2.52. The summed E-state index contributed by atoms with van der Waals surface area (Å²) in [5.41, 5.74) is 2.48. The number of hydrogen-bond donors (Lipinski definition) is 0. The average molecular weight is 270 g/mol. The molecule has 2 aromatic carbocycles. The number of nitrogens with zero attached hydrogens (tertiary/aromatic N) is 1. The third kappa shape index (κ3) is 1.85. The van der Waals surface area contributed by atoms with Crippen molar-refractivity contribution in [1.82, 2.24) is 4.57 Å². The van der Waals surface area contributed by atoms with Crippen LogP contribution in [-0.2, 0) is 7.05 Å². The minimum absolute atomic E-state index is 0.167. The summed E-state index contributed by atoms with van der Waals surface area (Å²) >= 11 is 6.28. The van der Waals surface area contributed by atoms with Crippen LogP contribution in [0.5, 0.6) is 0 Å². The number of aromatic nitrogens is 1. The molecule has 0 aliphatic rings. The predicted molar refractivity (Wildman–Crippen MR) is 79.6 cm³/mol. The summed E-state index contributed by atoms with van der Waals surface area (Å²) in [5.74, 6) is 0. The number of hydrogen-bond acceptors (Lipinski definition) is 1. The van der Waals surface area contributed by atoms with Crippen LogP contribution in [-0.4, -0.2) is 4.57 Å². The standard InChI is InChI=1S/C16H12ClNO/c1-18-13-10-6-5-9-12(13)14(15(17)16(18)19)11-7-3-2-4-8-11/h2-10H,1H3. The molecular weight excluding hydrogens is 258 g/mol. The average Bonchev–Trinajstić information content (AvgIpc) is 2.46. The van der Waals surface area contributed by atoms with Gasteiger partial charge < -0.3 is 4.57 Å². The smallest absolute Gasteiger partial charge is 0.270 e. The summed E-state index contributed by atoms with van der Waals surface area (Å²) in [7, 11) is 1.74. The highest BCUT2D eigenvalue weighted by atomic mass is 35.5. The SMILES string of the molecule is Cn1c(=O)c(Cl)c(-c2ccccc2)c2ccccc21. The molecule has 2 nitrogen and oxygen atoms in total. The van der Waals surface area contributed by atoms with Crippen LogP contribution in [0.25, 0.3) is 22.0 Å². The van der Waals surface area contributed by atoms with E-state index >= 15 is 0 Å². The molecule has 1 aromatic heterocycles. The number of benzene rings is 2. The summed E-state index contributed by atoms with van der Waals surface area (Å²) < 4.78 is 1.59. The molecule has 0 saturated carbocycles. The molecule has 0 bridgehead atoms. The van der Waals surface area contributed by atoms with Gasteiger partial charge in [-0.2, -0.15) is 0 Å². The van der Waals surface area contributed by atoms with Crippen LogP contribution >= 0.6 is 11.6 Å². The third-order valence-electron chi connectivity index (χ3n) is 3.31. The van der Waals surface area contributed by atoms with Crippen molar-refractivity contribution < 1.29 is 0 Å². The lowest BCUT2D eigenvalue weighted by Gasteiger charge is -2.12. The van der Waals surface area contributed by atoms with E-state index in [4.69, 9.17) is 11.6 Å². The molecule has 0 aliphatic carbocycles. The summed E-state index contributed by atoms with van der Waals surface area (Å²) in [4.78, 5) is 12.2. The van der Waals surface area contributed by atoms with Crippen molar-refractivity contribution in [2.24, 2.45) is 7.05 Å². The molecule has 0 spiro atoms. The molecule has 1 heterocycles. The van der Waals surface area contributed by atoms with E-state index in [1.54, 1.807) is 11.6 Å². The Morgan fingerprint density at radius 1 is 0.947 bits per heavy atom. The van der Waals surface area contributed by atoms with Crippen molar-refractivity contribution in [2.45, 2.75) is 0 Å². The third-order valence-corrected chi connectivity index (χ3v) is 3.66. The van der Waals surface area contributed by atoms with Crippen molar-refractivity contribution in [3.63, 3.8) is 0 Å². The number of aryl methyl sites for hydroxylation is 1. The first-order valence-electron chi connectivity index (χ1n) is 6.03. The summed E-state index contributed by atoms with van der Waals surface area (Å²) in [6.45, 7) is 0. The largest absolute Gasteiger partial charge is 0.310 e. The van der Waals surface area contributed by atoms with Crippen molar-refractivity contribution in [3.8, 4) is 11.1 Å². The van der Waals surface area contributed by atoms with Gasteiger partial charge in [0.1, 0.15) is 5.02 Å².